The number of hydrogen-bond donors (Lipinski definition) is 0. The fourth-order valence-corrected chi connectivity index (χ4v) is 5.72. The minimum Gasteiger partial charge on any atom is -0.306 e. The largest absolute Gasteiger partial charge is 0.306 e. The summed E-state index contributed by atoms with van der Waals surface area (Å²) in [5.74, 6) is 0.766. The van der Waals surface area contributed by atoms with Crippen molar-refractivity contribution in [1.82, 2.24) is 13.7 Å². The molecular weight excluding hydrogens is 358 g/mol. The molecule has 3 heterocycles. The Morgan fingerprint density at radius 3 is 2.56 bits per heavy atom. The predicted octanol–water partition coefficient (Wildman–Crippen LogP) is 3.98. The van der Waals surface area contributed by atoms with Gasteiger partial charge in [0.05, 0.1) is 10.6 Å². The first kappa shape index (κ1) is 18.2. The maximum Gasteiger partial charge on any atom is 0.243 e. The Morgan fingerprint density at radius 2 is 1.81 bits per heavy atom. The lowest BCUT2D eigenvalue weighted by Crippen LogP contribution is -2.42. The van der Waals surface area contributed by atoms with Crippen LogP contribution in [0.4, 0.5) is 0 Å². The van der Waals surface area contributed by atoms with Gasteiger partial charge in [-0.05, 0) is 55.0 Å². The van der Waals surface area contributed by atoms with Crippen molar-refractivity contribution in [2.75, 3.05) is 13.1 Å². The van der Waals surface area contributed by atoms with Crippen molar-refractivity contribution >= 4 is 15.7 Å². The van der Waals surface area contributed by atoms with Crippen molar-refractivity contribution < 1.29 is 8.42 Å². The molecule has 0 radical (unpaired) electrons. The smallest absolute Gasteiger partial charge is 0.243 e. The summed E-state index contributed by atoms with van der Waals surface area (Å²) >= 11 is 0. The molecule has 0 spiro atoms. The van der Waals surface area contributed by atoms with Gasteiger partial charge in [-0.15, -0.1) is 0 Å². The van der Waals surface area contributed by atoms with E-state index in [2.05, 4.69) is 18.8 Å². The van der Waals surface area contributed by atoms with Gasteiger partial charge in [0.1, 0.15) is 5.65 Å². The van der Waals surface area contributed by atoms with Gasteiger partial charge in [-0.1, -0.05) is 26.0 Å². The molecule has 0 N–H and O–H groups in total. The van der Waals surface area contributed by atoms with Gasteiger partial charge < -0.3 is 4.40 Å². The number of piperidine rings is 1. The van der Waals surface area contributed by atoms with Crippen molar-refractivity contribution in [3.63, 3.8) is 0 Å². The monoisotopic (exact) mass is 383 g/mol. The third kappa shape index (κ3) is 3.51. The number of pyridine rings is 1. The van der Waals surface area contributed by atoms with Gasteiger partial charge >= 0.3 is 0 Å². The van der Waals surface area contributed by atoms with E-state index < -0.39 is 10.0 Å². The highest BCUT2D eigenvalue weighted by atomic mass is 32.2. The standard InChI is InChI=1S/C21H25N3O2S/c1-15-7-8-23-14-20(22-21(23)10-15)18-5-4-6-19(11-18)27(25,26)24-12-16(2)9-17(3)13-24/h4-8,10-11,14,16-17H,9,12-13H2,1-3H3/t16-,17+. The molecule has 1 aromatic carbocycles. The first-order valence-electron chi connectivity index (χ1n) is 9.39. The summed E-state index contributed by atoms with van der Waals surface area (Å²) in [4.78, 5) is 5.00. The van der Waals surface area contributed by atoms with Gasteiger partial charge in [-0.2, -0.15) is 4.31 Å². The normalized spacial score (nSPS) is 21.6. The zero-order valence-corrected chi connectivity index (χ0v) is 16.8. The molecule has 2 atom stereocenters. The summed E-state index contributed by atoms with van der Waals surface area (Å²) < 4.78 is 30.0. The molecule has 27 heavy (non-hydrogen) atoms. The van der Waals surface area contributed by atoms with Crippen LogP contribution < -0.4 is 0 Å². The Hall–Kier alpha value is -2.18. The lowest BCUT2D eigenvalue weighted by Gasteiger charge is -2.34. The highest BCUT2D eigenvalue weighted by Gasteiger charge is 2.31. The molecule has 0 saturated carbocycles. The van der Waals surface area contributed by atoms with E-state index in [1.54, 1.807) is 22.5 Å². The summed E-state index contributed by atoms with van der Waals surface area (Å²) in [5.41, 5.74) is 3.59. The van der Waals surface area contributed by atoms with Gasteiger partial charge in [0.2, 0.25) is 10.0 Å². The Bertz CT molecular complexity index is 1080. The second-order valence-electron chi connectivity index (χ2n) is 7.89. The summed E-state index contributed by atoms with van der Waals surface area (Å²) in [6, 6.07) is 11.2. The van der Waals surface area contributed by atoms with E-state index in [1.165, 1.54) is 0 Å². The number of sulfonamides is 1. The van der Waals surface area contributed by atoms with Gasteiger partial charge in [-0.25, -0.2) is 13.4 Å². The first-order valence-corrected chi connectivity index (χ1v) is 10.8. The molecular formula is C21H25N3O2S. The Labute approximate surface area is 160 Å². The molecule has 1 saturated heterocycles. The second kappa shape index (κ2) is 6.77. The summed E-state index contributed by atoms with van der Waals surface area (Å²) in [7, 11) is -3.50. The molecule has 0 unspecified atom stereocenters. The van der Waals surface area contributed by atoms with Crippen molar-refractivity contribution in [2.24, 2.45) is 11.8 Å². The minimum absolute atomic E-state index is 0.342. The molecule has 1 aliphatic rings. The average Bonchev–Trinajstić information content (AvgIpc) is 3.04. The first-order chi connectivity index (χ1) is 12.8. The van der Waals surface area contributed by atoms with Crippen molar-refractivity contribution in [1.29, 1.82) is 0 Å². The van der Waals surface area contributed by atoms with Crippen LogP contribution in [-0.4, -0.2) is 35.2 Å². The maximum atomic E-state index is 13.2. The minimum atomic E-state index is -3.50. The van der Waals surface area contributed by atoms with E-state index in [0.29, 0.717) is 29.8 Å². The predicted molar refractivity (Wildman–Crippen MR) is 107 cm³/mol. The van der Waals surface area contributed by atoms with Crippen LogP contribution in [0.2, 0.25) is 0 Å². The quantitative estimate of drug-likeness (QED) is 0.687. The number of nitrogens with zero attached hydrogens (tertiary/aromatic N) is 3. The fraction of sp³-hybridized carbons (Fsp3) is 0.381. The number of hydrogen-bond acceptors (Lipinski definition) is 3. The fourth-order valence-electron chi connectivity index (χ4n) is 3.99. The molecule has 1 fully saturated rings. The Balaban J connectivity index is 1.71. The average molecular weight is 384 g/mol. The van der Waals surface area contributed by atoms with Crippen LogP contribution in [0.5, 0.6) is 0 Å². The van der Waals surface area contributed by atoms with Gasteiger partial charge in [-0.3, -0.25) is 0 Å². The van der Waals surface area contributed by atoms with Crippen LogP contribution in [0.3, 0.4) is 0 Å². The van der Waals surface area contributed by atoms with Crippen LogP contribution in [0.1, 0.15) is 25.8 Å². The third-order valence-corrected chi connectivity index (χ3v) is 7.05. The highest BCUT2D eigenvalue weighted by Crippen LogP contribution is 2.29. The van der Waals surface area contributed by atoms with Crippen LogP contribution in [0.25, 0.3) is 16.9 Å². The van der Waals surface area contributed by atoms with Gasteiger partial charge in [0, 0.05) is 31.0 Å². The van der Waals surface area contributed by atoms with Crippen molar-refractivity contribution in [3.8, 4) is 11.3 Å². The summed E-state index contributed by atoms with van der Waals surface area (Å²) in [6.07, 6.45) is 4.98. The SMILES string of the molecule is Cc1ccn2cc(-c3cccc(S(=O)(=O)N4C[C@H](C)C[C@H](C)C4)c3)nc2c1. The molecule has 4 rings (SSSR count). The number of benzene rings is 1. The zero-order chi connectivity index (χ0) is 19.2. The second-order valence-corrected chi connectivity index (χ2v) is 9.83. The van der Waals surface area contributed by atoms with E-state index in [0.717, 1.165) is 28.9 Å². The number of fused-ring (bicyclic) bond motifs is 1. The lowest BCUT2D eigenvalue weighted by atomic mass is 9.94. The third-order valence-electron chi connectivity index (χ3n) is 5.22. The highest BCUT2D eigenvalue weighted by molar-refractivity contribution is 7.89. The van der Waals surface area contributed by atoms with Crippen LogP contribution in [-0.2, 0) is 10.0 Å². The lowest BCUT2D eigenvalue weighted by molar-refractivity contribution is 0.222. The molecule has 2 aromatic heterocycles. The van der Waals surface area contributed by atoms with E-state index in [-0.39, 0.29) is 0 Å². The molecule has 6 heteroatoms. The number of aryl methyl sites for hydroxylation is 1. The molecule has 0 amide bonds. The van der Waals surface area contributed by atoms with E-state index in [1.807, 2.05) is 41.9 Å². The van der Waals surface area contributed by atoms with E-state index in [4.69, 9.17) is 0 Å². The van der Waals surface area contributed by atoms with E-state index >= 15 is 0 Å². The molecule has 142 valence electrons. The Morgan fingerprint density at radius 1 is 1.07 bits per heavy atom. The maximum absolute atomic E-state index is 13.2. The zero-order valence-electron chi connectivity index (χ0n) is 16.0. The topological polar surface area (TPSA) is 54.7 Å². The van der Waals surface area contributed by atoms with Gasteiger partial charge in [0.25, 0.3) is 0 Å². The summed E-state index contributed by atoms with van der Waals surface area (Å²) in [6.45, 7) is 7.44. The van der Waals surface area contributed by atoms with Crippen molar-refractivity contribution in [2.45, 2.75) is 32.1 Å². The summed E-state index contributed by atoms with van der Waals surface area (Å²) in [5, 5.41) is 0. The van der Waals surface area contributed by atoms with Crippen molar-refractivity contribution in [3.05, 3.63) is 54.4 Å². The number of aromatic nitrogens is 2. The molecule has 0 bridgehead atoms. The van der Waals surface area contributed by atoms with Gasteiger partial charge in [0.15, 0.2) is 0 Å². The molecule has 1 aliphatic heterocycles. The Kier molecular flexibility index (Phi) is 4.56. The number of imidazole rings is 1. The molecule has 5 nitrogen and oxygen atoms in total. The van der Waals surface area contributed by atoms with E-state index in [9.17, 15) is 8.42 Å². The van der Waals surface area contributed by atoms with Crippen LogP contribution in [0.15, 0.2) is 53.7 Å². The van der Waals surface area contributed by atoms with Crippen LogP contribution in [0, 0.1) is 18.8 Å². The molecule has 3 aromatic rings. The molecule has 0 aliphatic carbocycles. The van der Waals surface area contributed by atoms with Crippen LogP contribution >= 0.6 is 0 Å². The number of rotatable bonds is 3.